The number of hydrogen-bond donors (Lipinski definition) is 2. The number of rotatable bonds is 5. The van der Waals surface area contributed by atoms with Crippen LogP contribution in [0.1, 0.15) is 13.8 Å². The van der Waals surface area contributed by atoms with Gasteiger partial charge in [0.1, 0.15) is 0 Å². The standard InChI is InChI=1S/C6H11O6P/c1-4(2)6(7)5(3)11-12-13(8,9)10/h5H,1H2,2-3H3,(H2,8,9,10). The van der Waals surface area contributed by atoms with Crippen molar-refractivity contribution in [3.8, 4) is 0 Å². The quantitative estimate of drug-likeness (QED) is 0.298. The van der Waals surface area contributed by atoms with E-state index in [4.69, 9.17) is 9.79 Å². The first kappa shape index (κ1) is 12.5. The van der Waals surface area contributed by atoms with E-state index in [1.807, 2.05) is 0 Å². The van der Waals surface area contributed by atoms with E-state index in [0.29, 0.717) is 0 Å². The normalized spacial score (nSPS) is 13.8. The summed E-state index contributed by atoms with van der Waals surface area (Å²) in [7, 11) is -4.69. The van der Waals surface area contributed by atoms with Crippen LogP contribution in [0.15, 0.2) is 12.2 Å². The lowest BCUT2D eigenvalue weighted by Crippen LogP contribution is -2.20. The van der Waals surface area contributed by atoms with E-state index in [1.54, 1.807) is 0 Å². The van der Waals surface area contributed by atoms with Gasteiger partial charge in [-0.1, -0.05) is 6.58 Å². The van der Waals surface area contributed by atoms with Gasteiger partial charge in [-0.2, -0.15) is 0 Å². The fraction of sp³-hybridized carbons (Fsp3) is 0.500. The van der Waals surface area contributed by atoms with Gasteiger partial charge in [0, 0.05) is 0 Å². The summed E-state index contributed by atoms with van der Waals surface area (Å²) in [6.07, 6.45) is -1.08. The highest BCUT2D eigenvalue weighted by atomic mass is 31.2. The molecule has 0 aliphatic carbocycles. The molecule has 0 saturated carbocycles. The van der Waals surface area contributed by atoms with Crippen LogP contribution in [0.2, 0.25) is 0 Å². The summed E-state index contributed by atoms with van der Waals surface area (Å²) in [4.78, 5) is 31.6. The highest BCUT2D eigenvalue weighted by molar-refractivity contribution is 7.46. The van der Waals surface area contributed by atoms with Crippen LogP contribution in [0.25, 0.3) is 0 Å². The molecule has 1 atom stereocenters. The first-order chi connectivity index (χ1) is 5.74. The van der Waals surface area contributed by atoms with Crippen LogP contribution in [0.4, 0.5) is 0 Å². The molecular weight excluding hydrogens is 199 g/mol. The van der Waals surface area contributed by atoms with Crippen molar-refractivity contribution in [2.24, 2.45) is 0 Å². The molecule has 0 bridgehead atoms. The van der Waals surface area contributed by atoms with Gasteiger partial charge in [0.2, 0.25) is 0 Å². The Hall–Kier alpha value is -0.520. The number of ketones is 1. The van der Waals surface area contributed by atoms with Crippen LogP contribution in [-0.2, 0) is 18.9 Å². The van der Waals surface area contributed by atoms with Crippen molar-refractivity contribution < 1.29 is 28.7 Å². The van der Waals surface area contributed by atoms with Crippen molar-refractivity contribution in [2.45, 2.75) is 20.0 Å². The molecule has 0 rings (SSSR count). The molecule has 0 aromatic heterocycles. The van der Waals surface area contributed by atoms with Gasteiger partial charge in [-0.15, -0.1) is 4.67 Å². The zero-order chi connectivity index (χ0) is 10.6. The van der Waals surface area contributed by atoms with E-state index in [2.05, 4.69) is 16.1 Å². The minimum atomic E-state index is -4.69. The van der Waals surface area contributed by atoms with Gasteiger partial charge >= 0.3 is 7.82 Å². The number of Topliss-reactive ketones (excluding diaryl/α,β-unsaturated/α-hetero) is 1. The highest BCUT2D eigenvalue weighted by Gasteiger charge is 2.21. The zero-order valence-corrected chi connectivity index (χ0v) is 8.15. The average Bonchev–Trinajstić information content (AvgIpc) is 1.97. The Morgan fingerprint density at radius 2 is 2.00 bits per heavy atom. The van der Waals surface area contributed by atoms with Gasteiger partial charge in [0.25, 0.3) is 0 Å². The van der Waals surface area contributed by atoms with Crippen molar-refractivity contribution in [1.29, 1.82) is 0 Å². The second kappa shape index (κ2) is 4.64. The summed E-state index contributed by atoms with van der Waals surface area (Å²) in [5.74, 6) is -0.478. The summed E-state index contributed by atoms with van der Waals surface area (Å²) < 4.78 is 13.8. The first-order valence-electron chi connectivity index (χ1n) is 3.34. The molecule has 0 amide bonds. The molecule has 0 aromatic rings. The Bertz CT molecular complexity index is 254. The molecular formula is C6H11O6P. The maximum absolute atomic E-state index is 11.0. The SMILES string of the molecule is C=C(C)C(=O)C(C)OOP(=O)(O)O. The van der Waals surface area contributed by atoms with E-state index < -0.39 is 19.7 Å². The number of carbonyl (C=O) groups excluding carboxylic acids is 1. The molecule has 0 aliphatic rings. The lowest BCUT2D eigenvalue weighted by Gasteiger charge is -2.10. The molecule has 76 valence electrons. The van der Waals surface area contributed by atoms with Crippen LogP contribution in [-0.4, -0.2) is 21.7 Å². The van der Waals surface area contributed by atoms with Crippen LogP contribution in [0, 0.1) is 0 Å². The maximum Gasteiger partial charge on any atom is 0.496 e. The molecule has 0 spiro atoms. The molecule has 6 nitrogen and oxygen atoms in total. The third-order valence-electron chi connectivity index (χ3n) is 1.07. The topological polar surface area (TPSA) is 93.1 Å². The van der Waals surface area contributed by atoms with E-state index in [0.717, 1.165) is 0 Å². The fourth-order valence-electron chi connectivity index (χ4n) is 0.511. The monoisotopic (exact) mass is 210 g/mol. The summed E-state index contributed by atoms with van der Waals surface area (Å²) in [6, 6.07) is 0. The number of phosphoric acid groups is 1. The van der Waals surface area contributed by atoms with Crippen molar-refractivity contribution >= 4 is 13.6 Å². The average molecular weight is 210 g/mol. The van der Waals surface area contributed by atoms with Crippen molar-refractivity contribution in [1.82, 2.24) is 0 Å². The second-order valence-corrected chi connectivity index (χ2v) is 3.58. The fourth-order valence-corrected chi connectivity index (χ4v) is 0.753. The maximum atomic E-state index is 11.0. The van der Waals surface area contributed by atoms with Gasteiger partial charge in [-0.05, 0) is 19.4 Å². The van der Waals surface area contributed by atoms with Gasteiger partial charge in [-0.25, -0.2) is 9.45 Å². The Morgan fingerprint density at radius 3 is 2.31 bits per heavy atom. The molecule has 13 heavy (non-hydrogen) atoms. The van der Waals surface area contributed by atoms with Crippen LogP contribution in [0.5, 0.6) is 0 Å². The van der Waals surface area contributed by atoms with Crippen LogP contribution < -0.4 is 0 Å². The van der Waals surface area contributed by atoms with E-state index in [9.17, 15) is 9.36 Å². The lowest BCUT2D eigenvalue weighted by molar-refractivity contribution is -0.246. The molecule has 0 aromatic carbocycles. The minimum Gasteiger partial charge on any atom is -0.301 e. The van der Waals surface area contributed by atoms with Crippen molar-refractivity contribution in [3.63, 3.8) is 0 Å². The largest absolute Gasteiger partial charge is 0.496 e. The molecule has 0 saturated heterocycles. The van der Waals surface area contributed by atoms with Gasteiger partial charge < -0.3 is 9.79 Å². The van der Waals surface area contributed by atoms with Gasteiger partial charge in [0.15, 0.2) is 11.9 Å². The number of carbonyl (C=O) groups is 1. The molecule has 2 N–H and O–H groups in total. The molecule has 0 fully saturated rings. The zero-order valence-electron chi connectivity index (χ0n) is 7.26. The third kappa shape index (κ3) is 5.68. The number of hydrogen-bond acceptors (Lipinski definition) is 4. The summed E-state index contributed by atoms with van der Waals surface area (Å²) in [5, 5.41) is 0. The molecule has 0 radical (unpaired) electrons. The second-order valence-electron chi connectivity index (χ2n) is 2.45. The first-order valence-corrected chi connectivity index (χ1v) is 4.87. The minimum absolute atomic E-state index is 0.224. The molecule has 0 aliphatic heterocycles. The van der Waals surface area contributed by atoms with Gasteiger partial charge in [-0.3, -0.25) is 4.79 Å². The Labute approximate surface area is 75.3 Å². The smallest absolute Gasteiger partial charge is 0.301 e. The molecule has 7 heteroatoms. The van der Waals surface area contributed by atoms with E-state index >= 15 is 0 Å². The summed E-state index contributed by atoms with van der Waals surface area (Å²) >= 11 is 0. The lowest BCUT2D eigenvalue weighted by atomic mass is 10.1. The summed E-state index contributed by atoms with van der Waals surface area (Å²) in [6.45, 7) is 6.10. The predicted molar refractivity (Wildman–Crippen MR) is 43.5 cm³/mol. The summed E-state index contributed by atoms with van der Waals surface area (Å²) in [5.41, 5.74) is 0.224. The Kier molecular flexibility index (Phi) is 4.46. The third-order valence-corrected chi connectivity index (χ3v) is 1.35. The van der Waals surface area contributed by atoms with Crippen molar-refractivity contribution in [3.05, 3.63) is 12.2 Å². The highest BCUT2D eigenvalue weighted by Crippen LogP contribution is 2.36. The molecule has 1 unspecified atom stereocenters. The van der Waals surface area contributed by atoms with Crippen molar-refractivity contribution in [2.75, 3.05) is 0 Å². The van der Waals surface area contributed by atoms with Crippen LogP contribution >= 0.6 is 7.82 Å². The van der Waals surface area contributed by atoms with Gasteiger partial charge in [0.05, 0.1) is 0 Å². The van der Waals surface area contributed by atoms with E-state index in [1.165, 1.54) is 13.8 Å². The Morgan fingerprint density at radius 1 is 1.54 bits per heavy atom. The van der Waals surface area contributed by atoms with E-state index in [-0.39, 0.29) is 5.57 Å². The Balaban J connectivity index is 4.03. The van der Waals surface area contributed by atoms with Crippen LogP contribution in [0.3, 0.4) is 0 Å². The molecule has 0 heterocycles. The predicted octanol–water partition coefficient (Wildman–Crippen LogP) is 0.561.